The van der Waals surface area contributed by atoms with Crippen LogP contribution in [0, 0.1) is 0 Å². The molecule has 0 amide bonds. The van der Waals surface area contributed by atoms with E-state index < -0.39 is 17.8 Å². The van der Waals surface area contributed by atoms with E-state index in [1.165, 1.54) is 6.07 Å². The molecular formula is C20H20ClF3O3. The largest absolute Gasteiger partial charge is 0.487 e. The summed E-state index contributed by atoms with van der Waals surface area (Å²) >= 11 is 5.97. The number of aliphatic hydroxyl groups excluding tert-OH is 1. The van der Waals surface area contributed by atoms with Crippen molar-refractivity contribution in [3.8, 4) is 11.5 Å². The third-order valence-electron chi connectivity index (χ3n) is 4.56. The maximum Gasteiger partial charge on any atom is 0.416 e. The third-order valence-corrected chi connectivity index (χ3v) is 4.87. The fraction of sp³-hybridized carbons (Fsp3) is 0.400. The zero-order valence-electron chi connectivity index (χ0n) is 14.5. The average Bonchev–Trinajstić information content (AvgIpc) is 2.63. The first-order valence-electron chi connectivity index (χ1n) is 8.77. The SMILES string of the molecule is O[C@@H]1CCCC[C@H]1Oc1ccccc1COc1cc(C(F)(F)F)ccc1Cl. The van der Waals surface area contributed by atoms with Gasteiger partial charge in [-0.05, 0) is 43.5 Å². The number of halogens is 4. The zero-order chi connectivity index (χ0) is 19.4. The molecule has 1 aliphatic carbocycles. The van der Waals surface area contributed by atoms with Crippen LogP contribution in [0.4, 0.5) is 13.2 Å². The summed E-state index contributed by atoms with van der Waals surface area (Å²) in [6.45, 7) is 0.0000189. The molecular weight excluding hydrogens is 381 g/mol. The molecule has 0 aliphatic heterocycles. The highest BCUT2D eigenvalue weighted by molar-refractivity contribution is 6.32. The fourth-order valence-electron chi connectivity index (χ4n) is 3.06. The summed E-state index contributed by atoms with van der Waals surface area (Å²) in [6.07, 6.45) is -1.87. The summed E-state index contributed by atoms with van der Waals surface area (Å²) < 4.78 is 50.1. The van der Waals surface area contributed by atoms with Crippen molar-refractivity contribution < 1.29 is 27.8 Å². The molecule has 3 nitrogen and oxygen atoms in total. The first-order valence-corrected chi connectivity index (χ1v) is 9.14. The topological polar surface area (TPSA) is 38.7 Å². The van der Waals surface area contributed by atoms with Gasteiger partial charge in [-0.2, -0.15) is 13.2 Å². The highest BCUT2D eigenvalue weighted by Gasteiger charge is 2.31. The van der Waals surface area contributed by atoms with Crippen LogP contribution in [-0.2, 0) is 12.8 Å². The molecule has 1 fully saturated rings. The van der Waals surface area contributed by atoms with Crippen molar-refractivity contribution in [2.45, 2.75) is 50.7 Å². The van der Waals surface area contributed by atoms with Gasteiger partial charge in [-0.15, -0.1) is 0 Å². The second-order valence-electron chi connectivity index (χ2n) is 6.55. The van der Waals surface area contributed by atoms with Crippen LogP contribution in [-0.4, -0.2) is 17.3 Å². The average molecular weight is 401 g/mol. The highest BCUT2D eigenvalue weighted by atomic mass is 35.5. The molecule has 27 heavy (non-hydrogen) atoms. The van der Waals surface area contributed by atoms with Crippen LogP contribution in [0.5, 0.6) is 11.5 Å². The lowest BCUT2D eigenvalue weighted by molar-refractivity contribution is -0.137. The van der Waals surface area contributed by atoms with E-state index in [0.29, 0.717) is 17.7 Å². The quantitative estimate of drug-likeness (QED) is 0.708. The summed E-state index contributed by atoms with van der Waals surface area (Å²) in [5, 5.41) is 10.2. The highest BCUT2D eigenvalue weighted by Crippen LogP contribution is 2.35. The van der Waals surface area contributed by atoms with Crippen molar-refractivity contribution >= 4 is 11.6 Å². The fourth-order valence-corrected chi connectivity index (χ4v) is 3.23. The lowest BCUT2D eigenvalue weighted by Gasteiger charge is -2.29. The lowest BCUT2D eigenvalue weighted by atomic mass is 9.95. The Morgan fingerprint density at radius 3 is 2.52 bits per heavy atom. The van der Waals surface area contributed by atoms with Gasteiger partial charge < -0.3 is 14.6 Å². The van der Waals surface area contributed by atoms with Crippen molar-refractivity contribution in [3.63, 3.8) is 0 Å². The van der Waals surface area contributed by atoms with E-state index in [-0.39, 0.29) is 23.5 Å². The van der Waals surface area contributed by atoms with Gasteiger partial charge in [0.2, 0.25) is 0 Å². The number of rotatable bonds is 5. The second-order valence-corrected chi connectivity index (χ2v) is 6.95. The van der Waals surface area contributed by atoms with Crippen LogP contribution >= 0.6 is 11.6 Å². The van der Waals surface area contributed by atoms with Gasteiger partial charge in [-0.3, -0.25) is 0 Å². The summed E-state index contributed by atoms with van der Waals surface area (Å²) in [4.78, 5) is 0. The maximum absolute atomic E-state index is 12.9. The van der Waals surface area contributed by atoms with Gasteiger partial charge in [0, 0.05) is 5.56 Å². The smallest absolute Gasteiger partial charge is 0.416 e. The molecule has 2 aromatic carbocycles. The van der Waals surface area contributed by atoms with Crippen LogP contribution in [0.15, 0.2) is 42.5 Å². The van der Waals surface area contributed by atoms with E-state index in [9.17, 15) is 18.3 Å². The van der Waals surface area contributed by atoms with Crippen LogP contribution in [0.2, 0.25) is 5.02 Å². The molecule has 1 aliphatic rings. The zero-order valence-corrected chi connectivity index (χ0v) is 15.3. The Morgan fingerprint density at radius 1 is 1.04 bits per heavy atom. The summed E-state index contributed by atoms with van der Waals surface area (Å²) in [5.74, 6) is 0.505. The van der Waals surface area contributed by atoms with Gasteiger partial charge in [-0.1, -0.05) is 36.2 Å². The standard InChI is InChI=1S/C20H20ClF3O3/c21-15-10-9-14(20(22,23)24)11-19(15)26-12-13-5-1-3-7-17(13)27-18-8-4-2-6-16(18)25/h1,3,5,7,9-11,16,18,25H,2,4,6,8,12H2/t16-,18-/m1/s1. The van der Waals surface area contributed by atoms with Crippen LogP contribution in [0.1, 0.15) is 36.8 Å². The minimum atomic E-state index is -4.47. The summed E-state index contributed by atoms with van der Waals surface area (Å²) in [5.41, 5.74) is -0.152. The minimum absolute atomic E-state index is 0.0000189. The Balaban J connectivity index is 1.73. The molecule has 7 heteroatoms. The normalized spacial score (nSPS) is 20.3. The van der Waals surface area contributed by atoms with Crippen molar-refractivity contribution in [2.75, 3.05) is 0 Å². The van der Waals surface area contributed by atoms with Gasteiger partial charge in [0.1, 0.15) is 24.2 Å². The molecule has 3 rings (SSSR count). The predicted molar refractivity (Wildman–Crippen MR) is 96.1 cm³/mol. The number of alkyl halides is 3. The van der Waals surface area contributed by atoms with E-state index in [2.05, 4.69) is 0 Å². The van der Waals surface area contributed by atoms with Crippen LogP contribution < -0.4 is 9.47 Å². The Kier molecular flexibility index (Phi) is 6.17. The molecule has 2 aromatic rings. The van der Waals surface area contributed by atoms with Gasteiger partial charge in [0.05, 0.1) is 16.7 Å². The maximum atomic E-state index is 12.9. The molecule has 146 valence electrons. The molecule has 0 aromatic heterocycles. The van der Waals surface area contributed by atoms with E-state index in [0.717, 1.165) is 31.4 Å². The number of hydrogen-bond acceptors (Lipinski definition) is 3. The van der Waals surface area contributed by atoms with E-state index in [1.54, 1.807) is 24.3 Å². The number of hydrogen-bond donors (Lipinski definition) is 1. The second kappa shape index (κ2) is 8.40. The predicted octanol–water partition coefficient (Wildman–Crippen LogP) is 5.62. The van der Waals surface area contributed by atoms with Crippen molar-refractivity contribution in [1.82, 2.24) is 0 Å². The minimum Gasteiger partial charge on any atom is -0.487 e. The molecule has 1 N–H and O–H groups in total. The Labute approximate surface area is 160 Å². The molecule has 0 bridgehead atoms. The van der Waals surface area contributed by atoms with E-state index in [1.807, 2.05) is 0 Å². The van der Waals surface area contributed by atoms with Gasteiger partial charge in [-0.25, -0.2) is 0 Å². The van der Waals surface area contributed by atoms with Gasteiger partial charge in [0.15, 0.2) is 0 Å². The molecule has 0 saturated heterocycles. The molecule has 0 radical (unpaired) electrons. The van der Waals surface area contributed by atoms with Gasteiger partial charge in [0.25, 0.3) is 0 Å². The van der Waals surface area contributed by atoms with Crippen LogP contribution in [0.25, 0.3) is 0 Å². The summed E-state index contributed by atoms with van der Waals surface area (Å²) in [7, 11) is 0. The van der Waals surface area contributed by atoms with Crippen molar-refractivity contribution in [2.24, 2.45) is 0 Å². The Bertz CT molecular complexity index is 779. The molecule has 0 heterocycles. The first-order chi connectivity index (χ1) is 12.8. The van der Waals surface area contributed by atoms with E-state index >= 15 is 0 Å². The van der Waals surface area contributed by atoms with Crippen molar-refractivity contribution in [1.29, 1.82) is 0 Å². The summed E-state index contributed by atoms with van der Waals surface area (Å²) in [6, 6.07) is 10.1. The molecule has 0 unspecified atom stereocenters. The number of para-hydroxylation sites is 1. The number of aliphatic hydroxyl groups is 1. The number of benzene rings is 2. The number of ether oxygens (including phenoxy) is 2. The van der Waals surface area contributed by atoms with Crippen LogP contribution in [0.3, 0.4) is 0 Å². The molecule has 0 spiro atoms. The van der Waals surface area contributed by atoms with Crippen molar-refractivity contribution in [3.05, 3.63) is 58.6 Å². The van der Waals surface area contributed by atoms with Gasteiger partial charge >= 0.3 is 6.18 Å². The molecule has 2 atom stereocenters. The van der Waals surface area contributed by atoms with E-state index in [4.69, 9.17) is 21.1 Å². The Morgan fingerprint density at radius 2 is 1.78 bits per heavy atom. The molecule has 1 saturated carbocycles. The lowest BCUT2D eigenvalue weighted by Crippen LogP contribution is -2.34. The monoisotopic (exact) mass is 400 g/mol. The Hall–Kier alpha value is -1.92. The third kappa shape index (κ3) is 5.08. The first kappa shape index (κ1) is 19.8.